The summed E-state index contributed by atoms with van der Waals surface area (Å²) in [7, 11) is 0. The second-order valence-electron chi connectivity index (χ2n) is 5.03. The van der Waals surface area contributed by atoms with E-state index in [1.807, 2.05) is 24.3 Å². The van der Waals surface area contributed by atoms with Crippen LogP contribution in [0.25, 0.3) is 11.4 Å². The highest BCUT2D eigenvalue weighted by molar-refractivity contribution is 9.10. The molecule has 0 bridgehead atoms. The van der Waals surface area contributed by atoms with Crippen LogP contribution in [-0.2, 0) is 6.54 Å². The van der Waals surface area contributed by atoms with Gasteiger partial charge in [-0.3, -0.25) is 4.90 Å². The predicted molar refractivity (Wildman–Crippen MR) is 78.0 cm³/mol. The molecular formula is C14H16BrN3O2. The van der Waals surface area contributed by atoms with E-state index in [1.165, 1.54) is 0 Å². The lowest BCUT2D eigenvalue weighted by atomic mass is 10.1. The van der Waals surface area contributed by atoms with E-state index in [4.69, 9.17) is 4.52 Å². The molecule has 1 fully saturated rings. The first-order valence-corrected chi connectivity index (χ1v) is 7.49. The molecule has 2 aromatic rings. The van der Waals surface area contributed by atoms with Crippen LogP contribution < -0.4 is 0 Å². The van der Waals surface area contributed by atoms with Crippen molar-refractivity contribution in [1.82, 2.24) is 15.0 Å². The van der Waals surface area contributed by atoms with Crippen molar-refractivity contribution in [3.8, 4) is 11.4 Å². The van der Waals surface area contributed by atoms with E-state index >= 15 is 0 Å². The lowest BCUT2D eigenvalue weighted by Gasteiger charge is -2.27. The lowest BCUT2D eigenvalue weighted by Crippen LogP contribution is -2.35. The van der Waals surface area contributed by atoms with Gasteiger partial charge in [-0.1, -0.05) is 33.2 Å². The number of rotatable bonds is 3. The molecule has 0 radical (unpaired) electrons. The quantitative estimate of drug-likeness (QED) is 0.932. The minimum absolute atomic E-state index is 0.161. The molecule has 0 aliphatic carbocycles. The van der Waals surface area contributed by atoms with Crippen molar-refractivity contribution in [3.63, 3.8) is 0 Å². The Balaban J connectivity index is 1.68. The highest BCUT2D eigenvalue weighted by Gasteiger charge is 2.19. The van der Waals surface area contributed by atoms with Gasteiger partial charge in [-0.05, 0) is 25.0 Å². The summed E-state index contributed by atoms with van der Waals surface area (Å²) in [6.45, 7) is 2.39. The summed E-state index contributed by atoms with van der Waals surface area (Å²) in [5, 5.41) is 13.5. The first-order chi connectivity index (χ1) is 9.70. The number of aliphatic hydroxyl groups excluding tert-OH is 1. The highest BCUT2D eigenvalue weighted by Crippen LogP contribution is 2.21. The summed E-state index contributed by atoms with van der Waals surface area (Å²) in [6.07, 6.45) is 1.46. The maximum atomic E-state index is 9.49. The van der Waals surface area contributed by atoms with Crippen LogP contribution >= 0.6 is 15.9 Å². The van der Waals surface area contributed by atoms with Crippen molar-refractivity contribution in [3.05, 3.63) is 34.6 Å². The van der Waals surface area contributed by atoms with Gasteiger partial charge in [-0.25, -0.2) is 0 Å². The second kappa shape index (κ2) is 6.03. The molecule has 1 aromatic carbocycles. The molecule has 1 aliphatic rings. The number of benzene rings is 1. The molecule has 2 heterocycles. The van der Waals surface area contributed by atoms with Gasteiger partial charge in [-0.15, -0.1) is 0 Å². The molecule has 0 atom stereocenters. The summed E-state index contributed by atoms with van der Waals surface area (Å²) in [6, 6.07) is 7.83. The zero-order valence-corrected chi connectivity index (χ0v) is 12.6. The van der Waals surface area contributed by atoms with Crippen molar-refractivity contribution < 1.29 is 9.63 Å². The third kappa shape index (κ3) is 3.26. The molecule has 6 heteroatoms. The first kappa shape index (κ1) is 13.7. The van der Waals surface area contributed by atoms with Gasteiger partial charge < -0.3 is 9.63 Å². The van der Waals surface area contributed by atoms with Gasteiger partial charge in [0.1, 0.15) is 0 Å². The number of halogens is 1. The molecule has 0 saturated carbocycles. The van der Waals surface area contributed by atoms with E-state index in [0.29, 0.717) is 18.3 Å². The predicted octanol–water partition coefficient (Wildman–Crippen LogP) is 2.46. The zero-order chi connectivity index (χ0) is 13.9. The van der Waals surface area contributed by atoms with Crippen molar-refractivity contribution >= 4 is 15.9 Å². The maximum Gasteiger partial charge on any atom is 0.241 e. The first-order valence-electron chi connectivity index (χ1n) is 6.69. The van der Waals surface area contributed by atoms with Gasteiger partial charge in [0.2, 0.25) is 11.7 Å². The fraction of sp³-hybridized carbons (Fsp3) is 0.429. The Morgan fingerprint density at radius 1 is 1.35 bits per heavy atom. The van der Waals surface area contributed by atoms with Crippen LogP contribution in [0.15, 0.2) is 33.3 Å². The molecule has 0 unspecified atom stereocenters. The zero-order valence-electron chi connectivity index (χ0n) is 11.0. The molecular weight excluding hydrogens is 322 g/mol. The van der Waals surface area contributed by atoms with Gasteiger partial charge >= 0.3 is 0 Å². The van der Waals surface area contributed by atoms with E-state index in [0.717, 1.165) is 36.0 Å². The molecule has 1 saturated heterocycles. The molecule has 0 amide bonds. The number of nitrogens with zero attached hydrogens (tertiary/aromatic N) is 3. The Bertz CT molecular complexity index is 579. The molecule has 20 heavy (non-hydrogen) atoms. The van der Waals surface area contributed by atoms with Crippen molar-refractivity contribution in [2.24, 2.45) is 0 Å². The minimum atomic E-state index is -0.161. The van der Waals surface area contributed by atoms with Gasteiger partial charge in [0.15, 0.2) is 0 Å². The molecule has 1 N–H and O–H groups in total. The third-order valence-corrected chi connectivity index (χ3v) is 3.96. The Morgan fingerprint density at radius 2 is 2.15 bits per heavy atom. The van der Waals surface area contributed by atoms with Gasteiger partial charge in [0, 0.05) is 23.1 Å². The van der Waals surface area contributed by atoms with E-state index in [2.05, 4.69) is 31.0 Å². The number of likely N-dealkylation sites (tertiary alicyclic amines) is 1. The van der Waals surface area contributed by atoms with Crippen LogP contribution in [0.3, 0.4) is 0 Å². The average Bonchev–Trinajstić information content (AvgIpc) is 2.90. The number of hydrogen-bond donors (Lipinski definition) is 1. The fourth-order valence-corrected chi connectivity index (χ4v) is 2.73. The van der Waals surface area contributed by atoms with Crippen LogP contribution in [0.2, 0.25) is 0 Å². The number of aliphatic hydroxyl groups is 1. The topological polar surface area (TPSA) is 62.4 Å². The van der Waals surface area contributed by atoms with Crippen LogP contribution in [-0.4, -0.2) is 39.3 Å². The third-order valence-electron chi connectivity index (χ3n) is 3.47. The number of aromatic nitrogens is 2. The Hall–Kier alpha value is -1.24. The Morgan fingerprint density at radius 3 is 2.90 bits per heavy atom. The van der Waals surface area contributed by atoms with Crippen LogP contribution in [0.5, 0.6) is 0 Å². The normalized spacial score (nSPS) is 17.5. The van der Waals surface area contributed by atoms with Crippen molar-refractivity contribution in [1.29, 1.82) is 0 Å². The van der Waals surface area contributed by atoms with Crippen molar-refractivity contribution in [2.45, 2.75) is 25.5 Å². The molecule has 106 valence electrons. The monoisotopic (exact) mass is 337 g/mol. The van der Waals surface area contributed by atoms with Gasteiger partial charge in [0.25, 0.3) is 0 Å². The second-order valence-corrected chi connectivity index (χ2v) is 5.95. The van der Waals surface area contributed by atoms with E-state index in [9.17, 15) is 5.11 Å². The molecule has 1 aromatic heterocycles. The van der Waals surface area contributed by atoms with Crippen molar-refractivity contribution in [2.75, 3.05) is 13.1 Å². The molecule has 3 rings (SSSR count). The van der Waals surface area contributed by atoms with E-state index in [1.54, 1.807) is 0 Å². The standard InChI is InChI=1S/C14H16BrN3O2/c15-11-3-1-2-10(8-11)14-16-13(20-17-14)9-18-6-4-12(19)5-7-18/h1-3,8,12,19H,4-7,9H2. The Labute approximate surface area is 125 Å². The summed E-state index contributed by atoms with van der Waals surface area (Å²) >= 11 is 3.43. The number of hydrogen-bond acceptors (Lipinski definition) is 5. The van der Waals surface area contributed by atoms with Crippen LogP contribution in [0.4, 0.5) is 0 Å². The summed E-state index contributed by atoms with van der Waals surface area (Å²) < 4.78 is 6.30. The Kier molecular flexibility index (Phi) is 4.14. The van der Waals surface area contributed by atoms with Gasteiger partial charge in [0.05, 0.1) is 12.6 Å². The van der Waals surface area contributed by atoms with E-state index < -0.39 is 0 Å². The average molecular weight is 338 g/mol. The highest BCUT2D eigenvalue weighted by atomic mass is 79.9. The van der Waals surface area contributed by atoms with Crippen LogP contribution in [0, 0.1) is 0 Å². The minimum Gasteiger partial charge on any atom is -0.393 e. The number of piperidine rings is 1. The SMILES string of the molecule is OC1CCN(Cc2nc(-c3cccc(Br)c3)no2)CC1. The summed E-state index contributed by atoms with van der Waals surface area (Å²) in [5.74, 6) is 1.23. The molecule has 0 spiro atoms. The molecule has 5 nitrogen and oxygen atoms in total. The smallest absolute Gasteiger partial charge is 0.241 e. The van der Waals surface area contributed by atoms with E-state index in [-0.39, 0.29) is 6.10 Å². The molecule has 1 aliphatic heterocycles. The summed E-state index contributed by atoms with van der Waals surface area (Å²) in [4.78, 5) is 6.66. The lowest BCUT2D eigenvalue weighted by molar-refractivity contribution is 0.0740. The maximum absolute atomic E-state index is 9.49. The van der Waals surface area contributed by atoms with Crippen LogP contribution in [0.1, 0.15) is 18.7 Å². The van der Waals surface area contributed by atoms with Gasteiger partial charge in [-0.2, -0.15) is 4.98 Å². The summed E-state index contributed by atoms with van der Waals surface area (Å²) in [5.41, 5.74) is 0.934. The largest absolute Gasteiger partial charge is 0.393 e. The fourth-order valence-electron chi connectivity index (χ4n) is 2.33.